The van der Waals surface area contributed by atoms with E-state index in [2.05, 4.69) is 19.2 Å². The molecule has 1 spiro atoms. The highest BCUT2D eigenvalue weighted by Crippen LogP contribution is 2.37. The predicted octanol–water partition coefficient (Wildman–Crippen LogP) is 2.07. The van der Waals surface area contributed by atoms with Crippen LogP contribution in [0.2, 0.25) is 0 Å². The molecule has 0 radical (unpaired) electrons. The fourth-order valence-electron chi connectivity index (χ4n) is 4.64. The third-order valence-electron chi connectivity index (χ3n) is 6.82. The molecule has 0 aromatic heterocycles. The van der Waals surface area contributed by atoms with Crippen molar-refractivity contribution in [1.29, 1.82) is 0 Å². The minimum absolute atomic E-state index is 0.225. The monoisotopic (exact) mass is 407 g/mol. The Morgan fingerprint density at radius 2 is 1.79 bits per heavy atom. The molecule has 4 amide bonds. The van der Waals surface area contributed by atoms with Crippen LogP contribution in [0.25, 0.3) is 0 Å². The number of piperidine rings is 1. The van der Waals surface area contributed by atoms with Crippen LogP contribution in [0.5, 0.6) is 0 Å². The molecule has 29 heavy (non-hydrogen) atoms. The molecule has 8 nitrogen and oxygen atoms in total. The van der Waals surface area contributed by atoms with Crippen LogP contribution in [0.1, 0.15) is 65.7 Å². The van der Waals surface area contributed by atoms with E-state index in [4.69, 9.17) is 4.74 Å². The number of hydrogen-bond donors (Lipinski definition) is 1. The number of ether oxygens (including phenoxy) is 1. The Labute approximate surface area is 172 Å². The second kappa shape index (κ2) is 8.71. The smallest absolute Gasteiger partial charge is 0.327 e. The lowest BCUT2D eigenvalue weighted by molar-refractivity contribution is -0.161. The Hall–Kier alpha value is -2.12. The van der Waals surface area contributed by atoms with Crippen LogP contribution in [-0.4, -0.2) is 64.9 Å². The van der Waals surface area contributed by atoms with Gasteiger partial charge in [-0.05, 0) is 57.3 Å². The third kappa shape index (κ3) is 4.56. The first-order valence-corrected chi connectivity index (χ1v) is 10.9. The highest BCUT2D eigenvalue weighted by Gasteiger charge is 2.52. The summed E-state index contributed by atoms with van der Waals surface area (Å²) in [5.41, 5.74) is -0.880. The molecule has 8 heteroatoms. The maximum absolute atomic E-state index is 12.9. The summed E-state index contributed by atoms with van der Waals surface area (Å²) >= 11 is 0. The number of esters is 1. The fraction of sp³-hybridized carbons (Fsp3) is 0.810. The van der Waals surface area contributed by atoms with Crippen LogP contribution in [0.4, 0.5) is 4.79 Å². The molecule has 3 rings (SSSR count). The van der Waals surface area contributed by atoms with E-state index in [9.17, 15) is 19.2 Å². The lowest BCUT2D eigenvalue weighted by Gasteiger charge is -2.34. The van der Waals surface area contributed by atoms with E-state index in [1.54, 1.807) is 4.90 Å². The Morgan fingerprint density at radius 3 is 2.38 bits per heavy atom. The van der Waals surface area contributed by atoms with Crippen molar-refractivity contribution in [3.63, 3.8) is 0 Å². The van der Waals surface area contributed by atoms with Gasteiger partial charge in [-0.1, -0.05) is 20.3 Å². The topological polar surface area (TPSA) is 96.0 Å². The van der Waals surface area contributed by atoms with Crippen LogP contribution in [0.15, 0.2) is 0 Å². The van der Waals surface area contributed by atoms with E-state index >= 15 is 0 Å². The van der Waals surface area contributed by atoms with Gasteiger partial charge in [0.15, 0.2) is 6.10 Å². The molecule has 0 bridgehead atoms. The van der Waals surface area contributed by atoms with Gasteiger partial charge in [0.05, 0.1) is 0 Å². The SMILES string of the molecule is CCC1CCC2(CC1)NC(=O)N(CC(=O)O[C@@H](C)C(=O)N1CCC(C)CC1)C2=O. The van der Waals surface area contributed by atoms with Crippen molar-refractivity contribution < 1.29 is 23.9 Å². The number of urea groups is 1. The zero-order valence-electron chi connectivity index (χ0n) is 17.7. The molecule has 0 aromatic rings. The Kier molecular flexibility index (Phi) is 6.49. The minimum atomic E-state index is -0.925. The van der Waals surface area contributed by atoms with Crippen molar-refractivity contribution in [3.8, 4) is 0 Å². The second-order valence-electron chi connectivity index (χ2n) is 8.90. The van der Waals surface area contributed by atoms with Gasteiger partial charge in [0.1, 0.15) is 12.1 Å². The maximum atomic E-state index is 12.9. The maximum Gasteiger partial charge on any atom is 0.327 e. The second-order valence-corrected chi connectivity index (χ2v) is 8.90. The summed E-state index contributed by atoms with van der Waals surface area (Å²) in [4.78, 5) is 52.7. The Bertz CT molecular complexity index is 663. The van der Waals surface area contributed by atoms with Crippen molar-refractivity contribution in [2.24, 2.45) is 11.8 Å². The summed E-state index contributed by atoms with van der Waals surface area (Å²) in [6.45, 7) is 6.69. The van der Waals surface area contributed by atoms with Gasteiger partial charge in [0.2, 0.25) is 0 Å². The highest BCUT2D eigenvalue weighted by atomic mass is 16.5. The van der Waals surface area contributed by atoms with Gasteiger partial charge in [-0.2, -0.15) is 0 Å². The first-order valence-electron chi connectivity index (χ1n) is 10.9. The number of nitrogens with one attached hydrogen (secondary N) is 1. The van der Waals surface area contributed by atoms with Gasteiger partial charge < -0.3 is 15.0 Å². The number of hydrogen-bond acceptors (Lipinski definition) is 5. The quantitative estimate of drug-likeness (QED) is 0.556. The number of nitrogens with zero attached hydrogens (tertiary/aromatic N) is 2. The molecule has 2 saturated heterocycles. The molecule has 1 saturated carbocycles. The van der Waals surface area contributed by atoms with Gasteiger partial charge in [-0.25, -0.2) is 4.79 Å². The molecule has 1 atom stereocenters. The average Bonchev–Trinajstić information content (AvgIpc) is 2.92. The number of carbonyl (C=O) groups is 4. The third-order valence-corrected chi connectivity index (χ3v) is 6.82. The summed E-state index contributed by atoms with van der Waals surface area (Å²) < 4.78 is 5.26. The fourth-order valence-corrected chi connectivity index (χ4v) is 4.64. The summed E-state index contributed by atoms with van der Waals surface area (Å²) in [6.07, 6.45) is 5.00. The molecule has 2 aliphatic heterocycles. The molecule has 3 aliphatic rings. The normalized spacial score (nSPS) is 29.1. The van der Waals surface area contributed by atoms with Crippen molar-refractivity contribution in [2.75, 3.05) is 19.6 Å². The van der Waals surface area contributed by atoms with E-state index in [1.807, 2.05) is 0 Å². The van der Waals surface area contributed by atoms with E-state index in [-0.39, 0.29) is 11.8 Å². The first kappa shape index (κ1) is 21.6. The molecule has 1 aliphatic carbocycles. The lowest BCUT2D eigenvalue weighted by Crippen LogP contribution is -2.50. The number of carbonyl (C=O) groups excluding carboxylic acids is 4. The molecule has 0 unspecified atom stereocenters. The van der Waals surface area contributed by atoms with E-state index in [1.165, 1.54) is 6.92 Å². The minimum Gasteiger partial charge on any atom is -0.451 e. The van der Waals surface area contributed by atoms with Gasteiger partial charge in [-0.15, -0.1) is 0 Å². The first-order chi connectivity index (χ1) is 13.8. The van der Waals surface area contributed by atoms with E-state index in [0.717, 1.165) is 37.0 Å². The van der Waals surface area contributed by atoms with E-state index < -0.39 is 30.2 Å². The Balaban J connectivity index is 1.53. The Morgan fingerprint density at radius 1 is 1.17 bits per heavy atom. The lowest BCUT2D eigenvalue weighted by atomic mass is 9.75. The molecule has 0 aromatic carbocycles. The number of likely N-dealkylation sites (tertiary alicyclic amines) is 1. The van der Waals surface area contributed by atoms with Crippen molar-refractivity contribution in [2.45, 2.75) is 77.4 Å². The van der Waals surface area contributed by atoms with Crippen LogP contribution in [0.3, 0.4) is 0 Å². The van der Waals surface area contributed by atoms with E-state index in [0.29, 0.717) is 37.8 Å². The van der Waals surface area contributed by atoms with Crippen LogP contribution in [0, 0.1) is 11.8 Å². The van der Waals surface area contributed by atoms with Gasteiger partial charge >= 0.3 is 12.0 Å². The molecular formula is C21H33N3O5. The summed E-state index contributed by atoms with van der Waals surface area (Å²) in [6, 6.07) is -0.550. The molecule has 162 valence electrons. The average molecular weight is 408 g/mol. The molecular weight excluding hydrogens is 374 g/mol. The summed E-state index contributed by atoms with van der Waals surface area (Å²) in [5.74, 6) is -0.140. The molecule has 1 N–H and O–H groups in total. The molecule has 2 heterocycles. The van der Waals surface area contributed by atoms with Crippen LogP contribution in [-0.2, 0) is 19.1 Å². The standard InChI is InChI=1S/C21H33N3O5/c1-4-16-5-9-21(10-6-16)19(27)24(20(28)22-21)13-17(25)29-15(3)18(26)23-11-7-14(2)8-12-23/h14-16H,4-13H2,1-3H3,(H,22,28)/t15-,16?,21?/m0/s1. The van der Waals surface area contributed by atoms with Gasteiger partial charge in [0.25, 0.3) is 11.8 Å². The van der Waals surface area contributed by atoms with Crippen molar-refractivity contribution in [1.82, 2.24) is 15.1 Å². The zero-order valence-corrected chi connectivity index (χ0v) is 17.7. The highest BCUT2D eigenvalue weighted by molar-refractivity contribution is 6.08. The van der Waals surface area contributed by atoms with Crippen molar-refractivity contribution >= 4 is 23.8 Å². The number of imide groups is 1. The van der Waals surface area contributed by atoms with Gasteiger partial charge in [-0.3, -0.25) is 19.3 Å². The summed E-state index contributed by atoms with van der Waals surface area (Å²) in [5, 5.41) is 2.81. The number of amides is 4. The van der Waals surface area contributed by atoms with Gasteiger partial charge in [0, 0.05) is 13.1 Å². The zero-order chi connectivity index (χ0) is 21.2. The molecule has 3 fully saturated rings. The number of rotatable bonds is 5. The van der Waals surface area contributed by atoms with Crippen LogP contribution < -0.4 is 5.32 Å². The summed E-state index contributed by atoms with van der Waals surface area (Å²) in [7, 11) is 0. The van der Waals surface area contributed by atoms with Crippen molar-refractivity contribution in [3.05, 3.63) is 0 Å². The van der Waals surface area contributed by atoms with Crippen LogP contribution >= 0.6 is 0 Å². The predicted molar refractivity (Wildman–Crippen MR) is 106 cm³/mol. The largest absolute Gasteiger partial charge is 0.451 e.